The molecule has 0 amide bonds. The van der Waals surface area contributed by atoms with Crippen molar-refractivity contribution in [2.45, 2.75) is 12.5 Å². The highest BCUT2D eigenvalue weighted by atomic mass is 79.9. The molecule has 0 aliphatic carbocycles. The predicted octanol–water partition coefficient (Wildman–Crippen LogP) is 7.11. The number of halogens is 3. The van der Waals surface area contributed by atoms with Gasteiger partial charge in [0.1, 0.15) is 0 Å². The summed E-state index contributed by atoms with van der Waals surface area (Å²) in [6, 6.07) is 24.1. The Labute approximate surface area is 171 Å². The normalized spacial score (nSPS) is 16.7. The van der Waals surface area contributed by atoms with Crippen LogP contribution in [0.1, 0.15) is 23.6 Å². The number of hydrogen-bond donors (Lipinski definition) is 0. The van der Waals surface area contributed by atoms with E-state index >= 15 is 0 Å². The number of anilines is 1. The van der Waals surface area contributed by atoms with Gasteiger partial charge in [0.15, 0.2) is 0 Å². The van der Waals surface area contributed by atoms with Gasteiger partial charge in [0.2, 0.25) is 0 Å². The Morgan fingerprint density at radius 1 is 0.885 bits per heavy atom. The molecule has 0 N–H and O–H groups in total. The standard InChI is InChI=1S/C21H15BrCl2N2/c22-16-8-4-14(5-9-16)20-13-21(15-6-10-17(23)11-7-15)26(25-20)19-3-1-2-18(24)12-19/h1-12,21H,13H2/t21-/m0/s1. The van der Waals surface area contributed by atoms with Gasteiger partial charge in [-0.3, -0.25) is 5.01 Å². The highest BCUT2D eigenvalue weighted by Crippen LogP contribution is 2.37. The molecule has 1 aliphatic rings. The van der Waals surface area contributed by atoms with Crippen LogP contribution in [0.4, 0.5) is 5.69 Å². The zero-order valence-electron chi connectivity index (χ0n) is 13.7. The molecular weight excluding hydrogens is 431 g/mol. The van der Waals surface area contributed by atoms with Crippen molar-refractivity contribution in [3.63, 3.8) is 0 Å². The number of hydrogen-bond acceptors (Lipinski definition) is 2. The molecule has 1 aliphatic heterocycles. The Hall–Kier alpha value is -1.81. The zero-order valence-corrected chi connectivity index (χ0v) is 16.8. The summed E-state index contributed by atoms with van der Waals surface area (Å²) in [5, 5.41) is 8.40. The molecule has 0 aromatic heterocycles. The smallest absolute Gasteiger partial charge is 0.0831 e. The van der Waals surface area contributed by atoms with E-state index in [9.17, 15) is 0 Å². The third-order valence-corrected chi connectivity index (χ3v) is 5.43. The van der Waals surface area contributed by atoms with Crippen LogP contribution >= 0.6 is 39.1 Å². The topological polar surface area (TPSA) is 15.6 Å². The largest absolute Gasteiger partial charge is 0.257 e. The molecule has 0 saturated carbocycles. The van der Waals surface area contributed by atoms with Gasteiger partial charge in [0.25, 0.3) is 0 Å². The van der Waals surface area contributed by atoms with Gasteiger partial charge in [-0.15, -0.1) is 0 Å². The average Bonchev–Trinajstić information content (AvgIpc) is 3.08. The monoisotopic (exact) mass is 444 g/mol. The Morgan fingerprint density at radius 2 is 1.62 bits per heavy atom. The molecule has 0 spiro atoms. The molecule has 4 rings (SSSR count). The molecule has 0 saturated heterocycles. The quantitative estimate of drug-likeness (QED) is 0.419. The molecule has 0 unspecified atom stereocenters. The fraction of sp³-hybridized carbons (Fsp3) is 0.0952. The van der Waals surface area contributed by atoms with Crippen molar-refractivity contribution < 1.29 is 0 Å². The van der Waals surface area contributed by atoms with Crippen molar-refractivity contribution in [3.05, 3.63) is 98.4 Å². The first-order chi connectivity index (χ1) is 12.6. The van der Waals surface area contributed by atoms with Crippen LogP contribution in [-0.4, -0.2) is 5.71 Å². The zero-order chi connectivity index (χ0) is 18.1. The van der Waals surface area contributed by atoms with E-state index in [2.05, 4.69) is 40.2 Å². The molecule has 26 heavy (non-hydrogen) atoms. The van der Waals surface area contributed by atoms with E-state index in [1.54, 1.807) is 0 Å². The highest BCUT2D eigenvalue weighted by molar-refractivity contribution is 9.10. The number of rotatable bonds is 3. The molecule has 0 bridgehead atoms. The van der Waals surface area contributed by atoms with Gasteiger partial charge in [-0.05, 0) is 53.6 Å². The Kier molecular flexibility index (Phi) is 5.03. The molecule has 3 aromatic rings. The van der Waals surface area contributed by atoms with Crippen molar-refractivity contribution in [2.75, 3.05) is 5.01 Å². The van der Waals surface area contributed by atoms with E-state index in [0.717, 1.165) is 32.9 Å². The third kappa shape index (κ3) is 3.66. The SMILES string of the molecule is Clc1ccc([C@@H]2CC(c3ccc(Br)cc3)=NN2c2cccc(Cl)c2)cc1. The van der Waals surface area contributed by atoms with Crippen molar-refractivity contribution in [1.29, 1.82) is 0 Å². The van der Waals surface area contributed by atoms with Crippen LogP contribution in [0.25, 0.3) is 0 Å². The summed E-state index contributed by atoms with van der Waals surface area (Å²) in [7, 11) is 0. The highest BCUT2D eigenvalue weighted by Gasteiger charge is 2.30. The molecule has 0 radical (unpaired) electrons. The van der Waals surface area contributed by atoms with Gasteiger partial charge in [-0.1, -0.05) is 69.5 Å². The van der Waals surface area contributed by atoms with Gasteiger partial charge in [0, 0.05) is 20.9 Å². The van der Waals surface area contributed by atoms with Crippen LogP contribution < -0.4 is 5.01 Å². The molecular formula is C21H15BrCl2N2. The second-order valence-electron chi connectivity index (χ2n) is 6.15. The average molecular weight is 446 g/mol. The lowest BCUT2D eigenvalue weighted by atomic mass is 9.98. The lowest BCUT2D eigenvalue weighted by molar-refractivity contribution is 0.709. The van der Waals surface area contributed by atoms with Gasteiger partial charge < -0.3 is 0 Å². The Bertz CT molecular complexity index is 953. The van der Waals surface area contributed by atoms with E-state index in [0.29, 0.717) is 5.02 Å². The van der Waals surface area contributed by atoms with Crippen molar-refractivity contribution in [2.24, 2.45) is 5.10 Å². The molecule has 130 valence electrons. The lowest BCUT2D eigenvalue weighted by Crippen LogP contribution is -2.18. The maximum Gasteiger partial charge on any atom is 0.0831 e. The molecule has 0 fully saturated rings. The maximum atomic E-state index is 6.21. The first-order valence-corrected chi connectivity index (χ1v) is 9.79. The fourth-order valence-corrected chi connectivity index (χ4v) is 3.70. The minimum atomic E-state index is 0.101. The van der Waals surface area contributed by atoms with Crippen molar-refractivity contribution >= 4 is 50.5 Å². The van der Waals surface area contributed by atoms with Crippen LogP contribution in [0.3, 0.4) is 0 Å². The summed E-state index contributed by atoms with van der Waals surface area (Å²) in [4.78, 5) is 0. The van der Waals surface area contributed by atoms with Crippen LogP contribution in [0.15, 0.2) is 82.4 Å². The summed E-state index contributed by atoms with van der Waals surface area (Å²) in [5.41, 5.74) is 4.32. The second kappa shape index (κ2) is 7.43. The van der Waals surface area contributed by atoms with Crippen LogP contribution in [0, 0.1) is 0 Å². The van der Waals surface area contributed by atoms with E-state index in [4.69, 9.17) is 28.3 Å². The first-order valence-electron chi connectivity index (χ1n) is 8.24. The number of benzene rings is 3. The Morgan fingerprint density at radius 3 is 2.31 bits per heavy atom. The summed E-state index contributed by atoms with van der Waals surface area (Å²) >= 11 is 15.8. The number of nitrogens with zero attached hydrogens (tertiary/aromatic N) is 2. The fourth-order valence-electron chi connectivity index (χ4n) is 3.13. The van der Waals surface area contributed by atoms with E-state index in [-0.39, 0.29) is 6.04 Å². The van der Waals surface area contributed by atoms with Crippen LogP contribution in [0.5, 0.6) is 0 Å². The molecule has 5 heteroatoms. The lowest BCUT2D eigenvalue weighted by Gasteiger charge is -2.24. The Balaban J connectivity index is 1.75. The van der Waals surface area contributed by atoms with Gasteiger partial charge in [-0.25, -0.2) is 0 Å². The molecule has 3 aromatic carbocycles. The van der Waals surface area contributed by atoms with Gasteiger partial charge in [0.05, 0.1) is 17.4 Å². The number of hydrazone groups is 1. The first kappa shape index (κ1) is 17.6. The third-order valence-electron chi connectivity index (χ3n) is 4.42. The van der Waals surface area contributed by atoms with E-state index < -0.39 is 0 Å². The summed E-state index contributed by atoms with van der Waals surface area (Å²) in [6.45, 7) is 0. The molecule has 1 atom stereocenters. The van der Waals surface area contributed by atoms with Crippen LogP contribution in [0.2, 0.25) is 10.0 Å². The second-order valence-corrected chi connectivity index (χ2v) is 7.94. The maximum absolute atomic E-state index is 6.21. The molecule has 1 heterocycles. The minimum absolute atomic E-state index is 0.101. The summed E-state index contributed by atoms with van der Waals surface area (Å²) < 4.78 is 1.06. The minimum Gasteiger partial charge on any atom is -0.257 e. The molecule has 2 nitrogen and oxygen atoms in total. The van der Waals surface area contributed by atoms with Gasteiger partial charge in [-0.2, -0.15) is 5.10 Å². The van der Waals surface area contributed by atoms with Crippen LogP contribution in [-0.2, 0) is 0 Å². The predicted molar refractivity (Wildman–Crippen MR) is 113 cm³/mol. The van der Waals surface area contributed by atoms with Gasteiger partial charge >= 0.3 is 0 Å². The summed E-state index contributed by atoms with van der Waals surface area (Å²) in [5.74, 6) is 0. The van der Waals surface area contributed by atoms with Crippen molar-refractivity contribution in [1.82, 2.24) is 0 Å². The summed E-state index contributed by atoms with van der Waals surface area (Å²) in [6.07, 6.45) is 0.815. The van der Waals surface area contributed by atoms with E-state index in [1.165, 1.54) is 5.56 Å². The van der Waals surface area contributed by atoms with Crippen molar-refractivity contribution in [3.8, 4) is 0 Å². The van der Waals surface area contributed by atoms with E-state index in [1.807, 2.05) is 53.5 Å².